The molecule has 0 aliphatic heterocycles. The molecular weight excluding hydrogens is 228 g/mol. The van der Waals surface area contributed by atoms with E-state index in [0.29, 0.717) is 11.5 Å². The lowest BCUT2D eigenvalue weighted by molar-refractivity contribution is -0.385. The molecule has 0 fully saturated rings. The van der Waals surface area contributed by atoms with Crippen LogP contribution in [0.4, 0.5) is 11.4 Å². The van der Waals surface area contributed by atoms with Crippen molar-refractivity contribution in [1.29, 1.82) is 0 Å². The van der Waals surface area contributed by atoms with E-state index in [1.165, 1.54) is 6.07 Å². The van der Waals surface area contributed by atoms with E-state index in [2.05, 4.69) is 33.0 Å². The summed E-state index contributed by atoms with van der Waals surface area (Å²) < 4.78 is 0. The topological polar surface area (TPSA) is 55.2 Å². The smallest absolute Gasteiger partial charge is 0.274 e. The van der Waals surface area contributed by atoms with Gasteiger partial charge < -0.3 is 5.32 Å². The van der Waals surface area contributed by atoms with Gasteiger partial charge in [0.15, 0.2) is 0 Å². The molecule has 0 aliphatic carbocycles. The molecule has 1 aromatic rings. The monoisotopic (exact) mass is 250 g/mol. The molecular formula is C14H22N2O2. The second-order valence-corrected chi connectivity index (χ2v) is 5.85. The molecule has 0 amide bonds. The van der Waals surface area contributed by atoms with Gasteiger partial charge in [0.05, 0.1) is 4.92 Å². The second-order valence-electron chi connectivity index (χ2n) is 5.85. The third-order valence-electron chi connectivity index (χ3n) is 3.58. The standard InChI is InChI=1S/C14H22N2O2/c1-10(14(3,4)5)9-15-12-7-6-8-13(11(12)2)16(17)18/h6-8,10,15H,9H2,1-5H3. The van der Waals surface area contributed by atoms with Gasteiger partial charge in [-0.05, 0) is 24.3 Å². The number of nitro benzene ring substituents is 1. The predicted molar refractivity (Wildman–Crippen MR) is 74.9 cm³/mol. The van der Waals surface area contributed by atoms with Gasteiger partial charge in [-0.3, -0.25) is 10.1 Å². The molecule has 100 valence electrons. The first-order valence-corrected chi connectivity index (χ1v) is 6.21. The molecule has 1 atom stereocenters. The van der Waals surface area contributed by atoms with E-state index < -0.39 is 0 Å². The van der Waals surface area contributed by atoms with Crippen LogP contribution in [0.15, 0.2) is 18.2 Å². The summed E-state index contributed by atoms with van der Waals surface area (Å²) in [7, 11) is 0. The van der Waals surface area contributed by atoms with E-state index in [1.807, 2.05) is 6.07 Å². The van der Waals surface area contributed by atoms with E-state index in [-0.39, 0.29) is 16.0 Å². The van der Waals surface area contributed by atoms with Gasteiger partial charge in [-0.1, -0.05) is 33.8 Å². The van der Waals surface area contributed by atoms with Gasteiger partial charge in [-0.25, -0.2) is 0 Å². The molecule has 0 heterocycles. The molecule has 1 unspecified atom stereocenters. The molecule has 0 spiro atoms. The van der Waals surface area contributed by atoms with Gasteiger partial charge in [0.25, 0.3) is 5.69 Å². The second kappa shape index (κ2) is 5.38. The largest absolute Gasteiger partial charge is 0.384 e. The zero-order valence-corrected chi connectivity index (χ0v) is 11.8. The molecule has 0 aromatic heterocycles. The molecule has 1 rings (SSSR count). The highest BCUT2D eigenvalue weighted by atomic mass is 16.6. The molecule has 0 saturated carbocycles. The summed E-state index contributed by atoms with van der Waals surface area (Å²) in [5.74, 6) is 0.483. The third kappa shape index (κ3) is 3.45. The Morgan fingerprint density at radius 3 is 2.50 bits per heavy atom. The van der Waals surface area contributed by atoms with Crippen LogP contribution < -0.4 is 5.32 Å². The van der Waals surface area contributed by atoms with Crippen LogP contribution in [0.2, 0.25) is 0 Å². The summed E-state index contributed by atoms with van der Waals surface area (Å²) in [6.07, 6.45) is 0. The quantitative estimate of drug-likeness (QED) is 0.649. The number of hydrogen-bond acceptors (Lipinski definition) is 3. The molecule has 0 radical (unpaired) electrons. The zero-order valence-electron chi connectivity index (χ0n) is 11.8. The Morgan fingerprint density at radius 2 is 2.00 bits per heavy atom. The van der Waals surface area contributed by atoms with E-state index in [4.69, 9.17) is 0 Å². The minimum atomic E-state index is -0.340. The Kier molecular flexibility index (Phi) is 4.33. The van der Waals surface area contributed by atoms with Gasteiger partial charge in [0.1, 0.15) is 0 Å². The molecule has 4 heteroatoms. The molecule has 1 aromatic carbocycles. The van der Waals surface area contributed by atoms with Crippen molar-refractivity contribution in [2.75, 3.05) is 11.9 Å². The van der Waals surface area contributed by atoms with E-state index >= 15 is 0 Å². The fourth-order valence-corrected chi connectivity index (χ4v) is 1.58. The summed E-state index contributed by atoms with van der Waals surface area (Å²) in [5.41, 5.74) is 1.94. The van der Waals surface area contributed by atoms with Crippen LogP contribution in [0, 0.1) is 28.4 Å². The summed E-state index contributed by atoms with van der Waals surface area (Å²) in [5, 5.41) is 14.2. The fraction of sp³-hybridized carbons (Fsp3) is 0.571. The molecule has 0 aliphatic rings. The SMILES string of the molecule is Cc1c(NCC(C)C(C)(C)C)cccc1[N+](=O)[O-]. The maximum atomic E-state index is 10.8. The lowest BCUT2D eigenvalue weighted by Crippen LogP contribution is -2.25. The van der Waals surface area contributed by atoms with Crippen molar-refractivity contribution < 1.29 is 4.92 Å². The highest BCUT2D eigenvalue weighted by Crippen LogP contribution is 2.28. The van der Waals surface area contributed by atoms with Crippen molar-refractivity contribution in [3.63, 3.8) is 0 Å². The minimum absolute atomic E-state index is 0.170. The summed E-state index contributed by atoms with van der Waals surface area (Å²) >= 11 is 0. The Balaban J connectivity index is 2.81. The first kappa shape index (κ1) is 14.5. The van der Waals surface area contributed by atoms with Crippen LogP contribution in [-0.2, 0) is 0 Å². The maximum absolute atomic E-state index is 10.8. The molecule has 0 saturated heterocycles. The lowest BCUT2D eigenvalue weighted by Gasteiger charge is -2.28. The van der Waals surface area contributed by atoms with Crippen molar-refractivity contribution in [1.82, 2.24) is 0 Å². The Labute approximate surface area is 109 Å². The third-order valence-corrected chi connectivity index (χ3v) is 3.58. The van der Waals surface area contributed by atoms with Gasteiger partial charge in [0.2, 0.25) is 0 Å². The van der Waals surface area contributed by atoms with Crippen molar-refractivity contribution >= 4 is 11.4 Å². The van der Waals surface area contributed by atoms with E-state index in [9.17, 15) is 10.1 Å². The van der Waals surface area contributed by atoms with Crippen LogP contribution in [0.25, 0.3) is 0 Å². The number of anilines is 1. The molecule has 4 nitrogen and oxygen atoms in total. The summed E-state index contributed by atoms with van der Waals surface area (Å²) in [6.45, 7) is 11.4. The van der Waals surface area contributed by atoms with Gasteiger partial charge in [-0.2, -0.15) is 0 Å². The van der Waals surface area contributed by atoms with Crippen molar-refractivity contribution in [3.8, 4) is 0 Å². The van der Waals surface area contributed by atoms with Gasteiger partial charge in [-0.15, -0.1) is 0 Å². The Hall–Kier alpha value is -1.58. The zero-order chi connectivity index (χ0) is 13.9. The van der Waals surface area contributed by atoms with Crippen molar-refractivity contribution in [3.05, 3.63) is 33.9 Å². The maximum Gasteiger partial charge on any atom is 0.274 e. The molecule has 1 N–H and O–H groups in total. The average molecular weight is 250 g/mol. The van der Waals surface area contributed by atoms with Gasteiger partial charge >= 0.3 is 0 Å². The normalized spacial score (nSPS) is 13.2. The van der Waals surface area contributed by atoms with Crippen molar-refractivity contribution in [2.45, 2.75) is 34.6 Å². The Morgan fingerprint density at radius 1 is 1.39 bits per heavy atom. The number of nitrogens with one attached hydrogen (secondary N) is 1. The van der Waals surface area contributed by atoms with Gasteiger partial charge in [0, 0.05) is 23.9 Å². The predicted octanol–water partition coefficient (Wildman–Crippen LogP) is 4.00. The highest BCUT2D eigenvalue weighted by Gasteiger charge is 2.20. The molecule has 18 heavy (non-hydrogen) atoms. The number of nitrogens with zero attached hydrogens (tertiary/aromatic N) is 1. The molecule has 0 bridgehead atoms. The van der Waals surface area contributed by atoms with Crippen LogP contribution in [0.3, 0.4) is 0 Å². The summed E-state index contributed by atoms with van der Waals surface area (Å²) in [6, 6.07) is 5.14. The Bertz CT molecular complexity index is 436. The lowest BCUT2D eigenvalue weighted by atomic mass is 9.82. The fourth-order valence-electron chi connectivity index (χ4n) is 1.58. The van der Waals surface area contributed by atoms with E-state index in [0.717, 1.165) is 12.2 Å². The summed E-state index contributed by atoms with van der Waals surface area (Å²) in [4.78, 5) is 10.5. The minimum Gasteiger partial charge on any atom is -0.384 e. The van der Waals surface area contributed by atoms with Crippen LogP contribution in [0.5, 0.6) is 0 Å². The average Bonchev–Trinajstić information content (AvgIpc) is 2.25. The van der Waals surface area contributed by atoms with Crippen molar-refractivity contribution in [2.24, 2.45) is 11.3 Å². The number of benzene rings is 1. The van der Waals surface area contributed by atoms with E-state index in [1.54, 1.807) is 13.0 Å². The van der Waals surface area contributed by atoms with Crippen LogP contribution in [-0.4, -0.2) is 11.5 Å². The number of rotatable bonds is 4. The number of nitro groups is 1. The first-order valence-electron chi connectivity index (χ1n) is 6.21. The first-order chi connectivity index (χ1) is 8.23. The number of hydrogen-bond donors (Lipinski definition) is 1. The van der Waals surface area contributed by atoms with Crippen LogP contribution >= 0.6 is 0 Å². The highest BCUT2D eigenvalue weighted by molar-refractivity contribution is 5.59. The van der Waals surface area contributed by atoms with Crippen LogP contribution in [0.1, 0.15) is 33.3 Å².